The highest BCUT2D eigenvalue weighted by atomic mass is 35.5. The summed E-state index contributed by atoms with van der Waals surface area (Å²) >= 11 is 6.21. The standard InChI is InChI=1S/C24H24ClN3O4/c1-13-23-16(17-10-14(25)4-6-18(17)26-23)8-9-27(13)20-12-22(29)28(24(20)30)19-11-15(31-2)5-7-21(19)32-3/h4-7,10-11,13,20,26H,8-9,12H2,1-3H3. The molecule has 2 aliphatic rings. The average Bonchev–Trinajstić information content (AvgIpc) is 3.30. The van der Waals surface area contributed by atoms with Gasteiger partial charge in [0.15, 0.2) is 0 Å². The van der Waals surface area contributed by atoms with Gasteiger partial charge in [-0.3, -0.25) is 14.5 Å². The molecule has 32 heavy (non-hydrogen) atoms. The summed E-state index contributed by atoms with van der Waals surface area (Å²) in [6.07, 6.45) is 0.908. The number of nitrogens with one attached hydrogen (secondary N) is 1. The molecular formula is C24H24ClN3O4. The first kappa shape index (κ1) is 20.8. The number of anilines is 1. The second-order valence-corrected chi connectivity index (χ2v) is 8.63. The fraction of sp³-hybridized carbons (Fsp3) is 0.333. The fourth-order valence-electron chi connectivity index (χ4n) is 4.99. The number of benzene rings is 2. The van der Waals surface area contributed by atoms with E-state index in [4.69, 9.17) is 21.1 Å². The molecular weight excluding hydrogens is 430 g/mol. The summed E-state index contributed by atoms with van der Waals surface area (Å²) in [5.41, 5.74) is 3.75. The van der Waals surface area contributed by atoms with Gasteiger partial charge in [0.05, 0.1) is 32.4 Å². The van der Waals surface area contributed by atoms with Crippen molar-refractivity contribution in [2.45, 2.75) is 31.8 Å². The number of amides is 2. The molecule has 0 aliphatic carbocycles. The minimum absolute atomic E-state index is 0.0427. The molecule has 7 nitrogen and oxygen atoms in total. The van der Waals surface area contributed by atoms with Gasteiger partial charge in [-0.05, 0) is 49.2 Å². The first-order valence-electron chi connectivity index (χ1n) is 10.6. The Morgan fingerprint density at radius 3 is 2.66 bits per heavy atom. The molecule has 2 aromatic carbocycles. The summed E-state index contributed by atoms with van der Waals surface area (Å²) in [7, 11) is 3.06. The average molecular weight is 454 g/mol. The van der Waals surface area contributed by atoms with Crippen LogP contribution in [0.2, 0.25) is 5.02 Å². The van der Waals surface area contributed by atoms with Crippen LogP contribution in [0.5, 0.6) is 11.5 Å². The summed E-state index contributed by atoms with van der Waals surface area (Å²) in [5.74, 6) is 0.524. The quantitative estimate of drug-likeness (QED) is 0.602. The fourth-order valence-corrected chi connectivity index (χ4v) is 5.16. The number of rotatable bonds is 4. The van der Waals surface area contributed by atoms with Gasteiger partial charge in [0.2, 0.25) is 5.91 Å². The van der Waals surface area contributed by atoms with Crippen LogP contribution in [0, 0.1) is 0 Å². The number of hydrogen-bond acceptors (Lipinski definition) is 5. The lowest BCUT2D eigenvalue weighted by molar-refractivity contribution is -0.123. The van der Waals surface area contributed by atoms with Crippen molar-refractivity contribution >= 4 is 40.0 Å². The van der Waals surface area contributed by atoms with E-state index in [1.807, 2.05) is 18.2 Å². The second kappa shape index (κ2) is 7.83. The normalized spacial score (nSPS) is 21.3. The number of hydrogen-bond donors (Lipinski definition) is 1. The molecule has 3 aromatic rings. The van der Waals surface area contributed by atoms with Crippen LogP contribution in [0.25, 0.3) is 10.9 Å². The van der Waals surface area contributed by atoms with Crippen LogP contribution in [0.4, 0.5) is 5.69 Å². The molecule has 1 saturated heterocycles. The summed E-state index contributed by atoms with van der Waals surface area (Å²) in [6, 6.07) is 10.4. The van der Waals surface area contributed by atoms with Crippen molar-refractivity contribution in [2.24, 2.45) is 0 Å². The van der Waals surface area contributed by atoms with Crippen LogP contribution in [-0.2, 0) is 16.0 Å². The molecule has 166 valence electrons. The first-order chi connectivity index (χ1) is 15.4. The van der Waals surface area contributed by atoms with E-state index in [9.17, 15) is 9.59 Å². The molecule has 2 atom stereocenters. The Labute approximate surface area is 190 Å². The number of carbonyl (C=O) groups excluding carboxylic acids is 2. The largest absolute Gasteiger partial charge is 0.497 e. The van der Waals surface area contributed by atoms with Crippen LogP contribution < -0.4 is 14.4 Å². The summed E-state index contributed by atoms with van der Waals surface area (Å²) in [5, 5.41) is 1.82. The van der Waals surface area contributed by atoms with Crippen LogP contribution in [-0.4, -0.2) is 48.5 Å². The van der Waals surface area contributed by atoms with Gasteiger partial charge in [-0.1, -0.05) is 11.6 Å². The maximum Gasteiger partial charge on any atom is 0.251 e. The van der Waals surface area contributed by atoms with Gasteiger partial charge in [0.1, 0.15) is 11.5 Å². The third-order valence-electron chi connectivity index (χ3n) is 6.59. The van der Waals surface area contributed by atoms with Crippen molar-refractivity contribution in [1.29, 1.82) is 0 Å². The number of carbonyl (C=O) groups is 2. The van der Waals surface area contributed by atoms with E-state index >= 15 is 0 Å². The second-order valence-electron chi connectivity index (χ2n) is 8.20. The van der Waals surface area contributed by atoms with Crippen molar-refractivity contribution < 1.29 is 19.1 Å². The Kier molecular flexibility index (Phi) is 5.10. The topological polar surface area (TPSA) is 74.9 Å². The Bertz CT molecular complexity index is 1240. The van der Waals surface area contributed by atoms with Crippen LogP contribution >= 0.6 is 11.6 Å². The molecule has 0 saturated carbocycles. The van der Waals surface area contributed by atoms with E-state index in [1.54, 1.807) is 25.3 Å². The molecule has 0 spiro atoms. The monoisotopic (exact) mass is 453 g/mol. The molecule has 1 fully saturated rings. The van der Waals surface area contributed by atoms with E-state index in [1.165, 1.54) is 17.6 Å². The van der Waals surface area contributed by atoms with Gasteiger partial charge in [0, 0.05) is 40.3 Å². The van der Waals surface area contributed by atoms with Crippen LogP contribution in [0.1, 0.15) is 30.6 Å². The molecule has 2 aliphatic heterocycles. The zero-order chi connectivity index (χ0) is 22.6. The van der Waals surface area contributed by atoms with E-state index < -0.39 is 6.04 Å². The van der Waals surface area contributed by atoms with E-state index in [2.05, 4.69) is 16.8 Å². The van der Waals surface area contributed by atoms with E-state index in [-0.39, 0.29) is 24.3 Å². The zero-order valence-electron chi connectivity index (χ0n) is 18.1. The third-order valence-corrected chi connectivity index (χ3v) is 6.82. The van der Waals surface area contributed by atoms with Crippen molar-refractivity contribution in [3.63, 3.8) is 0 Å². The van der Waals surface area contributed by atoms with Crippen molar-refractivity contribution in [2.75, 3.05) is 25.7 Å². The molecule has 1 aromatic heterocycles. The maximum absolute atomic E-state index is 13.5. The van der Waals surface area contributed by atoms with Crippen LogP contribution in [0.15, 0.2) is 36.4 Å². The highest BCUT2D eigenvalue weighted by Crippen LogP contribution is 2.40. The molecule has 3 heterocycles. The number of aromatic nitrogens is 1. The highest BCUT2D eigenvalue weighted by Gasteiger charge is 2.46. The minimum Gasteiger partial charge on any atom is -0.497 e. The number of halogens is 1. The number of imide groups is 1. The summed E-state index contributed by atoms with van der Waals surface area (Å²) < 4.78 is 10.7. The predicted molar refractivity (Wildman–Crippen MR) is 123 cm³/mol. The van der Waals surface area contributed by atoms with Gasteiger partial charge in [0.25, 0.3) is 5.91 Å². The number of fused-ring (bicyclic) bond motifs is 3. The number of aromatic amines is 1. The Morgan fingerprint density at radius 2 is 1.91 bits per heavy atom. The van der Waals surface area contributed by atoms with Crippen molar-refractivity contribution in [3.8, 4) is 11.5 Å². The lowest BCUT2D eigenvalue weighted by atomic mass is 9.96. The van der Waals surface area contributed by atoms with E-state index in [0.717, 1.165) is 23.0 Å². The number of nitrogens with zero attached hydrogens (tertiary/aromatic N) is 2. The molecule has 2 amide bonds. The van der Waals surface area contributed by atoms with Gasteiger partial charge in [-0.25, -0.2) is 4.90 Å². The van der Waals surface area contributed by atoms with Crippen molar-refractivity contribution in [1.82, 2.24) is 9.88 Å². The number of H-pyrrole nitrogens is 1. The molecule has 8 heteroatoms. The number of methoxy groups -OCH3 is 2. The SMILES string of the molecule is COc1ccc(OC)c(N2C(=O)CC(N3CCc4c([nH]c5ccc(Cl)cc45)C3C)C2=O)c1. The highest BCUT2D eigenvalue weighted by molar-refractivity contribution is 6.31. The molecule has 0 radical (unpaired) electrons. The summed E-state index contributed by atoms with van der Waals surface area (Å²) in [4.78, 5) is 33.3. The maximum atomic E-state index is 13.5. The predicted octanol–water partition coefficient (Wildman–Crippen LogP) is 4.09. The minimum atomic E-state index is -0.531. The smallest absolute Gasteiger partial charge is 0.251 e. The summed E-state index contributed by atoms with van der Waals surface area (Å²) in [6.45, 7) is 2.75. The molecule has 2 unspecified atom stereocenters. The van der Waals surface area contributed by atoms with Crippen molar-refractivity contribution in [3.05, 3.63) is 52.7 Å². The Morgan fingerprint density at radius 1 is 1.09 bits per heavy atom. The lowest BCUT2D eigenvalue weighted by Crippen LogP contribution is -2.46. The van der Waals surface area contributed by atoms with E-state index in [0.29, 0.717) is 28.8 Å². The molecule has 5 rings (SSSR count). The first-order valence-corrected chi connectivity index (χ1v) is 10.9. The molecule has 0 bridgehead atoms. The third kappa shape index (κ3) is 3.15. The van der Waals surface area contributed by atoms with Gasteiger partial charge in [-0.15, -0.1) is 0 Å². The Balaban J connectivity index is 1.48. The Hall–Kier alpha value is -3.03. The van der Waals surface area contributed by atoms with Gasteiger partial charge >= 0.3 is 0 Å². The number of ether oxygens (including phenoxy) is 2. The zero-order valence-corrected chi connectivity index (χ0v) is 18.9. The lowest BCUT2D eigenvalue weighted by Gasteiger charge is -2.36. The molecule has 1 N–H and O–H groups in total. The van der Waals surface area contributed by atoms with Gasteiger partial charge < -0.3 is 14.5 Å². The van der Waals surface area contributed by atoms with Crippen LogP contribution in [0.3, 0.4) is 0 Å². The van der Waals surface area contributed by atoms with Gasteiger partial charge in [-0.2, -0.15) is 0 Å².